The highest BCUT2D eigenvalue weighted by Crippen LogP contribution is 2.24. The SMILES string of the molecule is Cc1ccc(N)c(OCCC(C)(C)C)c1. The van der Waals surface area contributed by atoms with E-state index in [1.807, 2.05) is 25.1 Å². The molecule has 0 bridgehead atoms. The number of ether oxygens (including phenoxy) is 1. The van der Waals surface area contributed by atoms with Crippen LogP contribution in [0.4, 0.5) is 5.69 Å². The Morgan fingerprint density at radius 2 is 1.93 bits per heavy atom. The summed E-state index contributed by atoms with van der Waals surface area (Å²) in [5.41, 5.74) is 8.01. The molecular weight excluding hydrogens is 186 g/mol. The average molecular weight is 207 g/mol. The van der Waals surface area contributed by atoms with Crippen LogP contribution in [-0.2, 0) is 0 Å². The van der Waals surface area contributed by atoms with Gasteiger partial charge in [-0.1, -0.05) is 26.8 Å². The van der Waals surface area contributed by atoms with Gasteiger partial charge >= 0.3 is 0 Å². The van der Waals surface area contributed by atoms with Crippen molar-refractivity contribution in [2.75, 3.05) is 12.3 Å². The van der Waals surface area contributed by atoms with Crippen LogP contribution in [-0.4, -0.2) is 6.61 Å². The highest BCUT2D eigenvalue weighted by atomic mass is 16.5. The quantitative estimate of drug-likeness (QED) is 0.771. The van der Waals surface area contributed by atoms with Gasteiger partial charge in [-0.25, -0.2) is 0 Å². The Morgan fingerprint density at radius 3 is 2.53 bits per heavy atom. The Balaban J connectivity index is 2.54. The number of nitrogen functional groups attached to an aromatic ring is 1. The summed E-state index contributed by atoms with van der Waals surface area (Å²) < 4.78 is 5.67. The van der Waals surface area contributed by atoms with Gasteiger partial charge in [-0.15, -0.1) is 0 Å². The van der Waals surface area contributed by atoms with Crippen molar-refractivity contribution >= 4 is 5.69 Å². The monoisotopic (exact) mass is 207 g/mol. The van der Waals surface area contributed by atoms with E-state index in [1.54, 1.807) is 0 Å². The number of benzene rings is 1. The normalized spacial score (nSPS) is 11.5. The molecule has 0 spiro atoms. The fourth-order valence-electron chi connectivity index (χ4n) is 1.23. The van der Waals surface area contributed by atoms with Gasteiger partial charge in [0.05, 0.1) is 12.3 Å². The first-order valence-electron chi connectivity index (χ1n) is 5.37. The molecule has 0 saturated carbocycles. The minimum atomic E-state index is 0.304. The number of anilines is 1. The Labute approximate surface area is 92.4 Å². The van der Waals surface area contributed by atoms with Crippen molar-refractivity contribution < 1.29 is 4.74 Å². The van der Waals surface area contributed by atoms with E-state index in [1.165, 1.54) is 5.56 Å². The van der Waals surface area contributed by atoms with Crippen LogP contribution in [0.3, 0.4) is 0 Å². The van der Waals surface area contributed by atoms with Crippen molar-refractivity contribution in [3.8, 4) is 5.75 Å². The second kappa shape index (κ2) is 4.56. The molecular formula is C13H21NO. The van der Waals surface area contributed by atoms with Gasteiger partial charge in [-0.3, -0.25) is 0 Å². The number of hydrogen-bond acceptors (Lipinski definition) is 2. The van der Waals surface area contributed by atoms with E-state index in [9.17, 15) is 0 Å². The third-order valence-electron chi connectivity index (χ3n) is 2.28. The lowest BCUT2D eigenvalue weighted by Gasteiger charge is -2.18. The lowest BCUT2D eigenvalue weighted by molar-refractivity contribution is 0.244. The molecule has 0 saturated heterocycles. The predicted molar refractivity (Wildman–Crippen MR) is 65.2 cm³/mol. The zero-order chi connectivity index (χ0) is 11.5. The first-order valence-corrected chi connectivity index (χ1v) is 5.37. The predicted octanol–water partition coefficient (Wildman–Crippen LogP) is 3.39. The largest absolute Gasteiger partial charge is 0.491 e. The fourth-order valence-corrected chi connectivity index (χ4v) is 1.23. The van der Waals surface area contributed by atoms with E-state index in [-0.39, 0.29) is 0 Å². The summed E-state index contributed by atoms with van der Waals surface area (Å²) >= 11 is 0. The van der Waals surface area contributed by atoms with Gasteiger partial charge in [0, 0.05) is 0 Å². The molecule has 0 aromatic heterocycles. The van der Waals surface area contributed by atoms with Gasteiger partial charge in [-0.2, -0.15) is 0 Å². The fraction of sp³-hybridized carbons (Fsp3) is 0.538. The third-order valence-corrected chi connectivity index (χ3v) is 2.28. The molecule has 0 amide bonds. The molecule has 1 aromatic rings. The number of aryl methyl sites for hydroxylation is 1. The Hall–Kier alpha value is -1.18. The van der Waals surface area contributed by atoms with Gasteiger partial charge in [0.15, 0.2) is 0 Å². The van der Waals surface area contributed by atoms with Crippen LogP contribution in [0.15, 0.2) is 18.2 Å². The minimum absolute atomic E-state index is 0.304. The maximum absolute atomic E-state index is 5.81. The van der Waals surface area contributed by atoms with Gasteiger partial charge in [0.2, 0.25) is 0 Å². The molecule has 2 heteroatoms. The molecule has 0 radical (unpaired) electrons. The number of hydrogen-bond donors (Lipinski definition) is 1. The second-order valence-corrected chi connectivity index (χ2v) is 5.20. The van der Waals surface area contributed by atoms with Gasteiger partial charge in [0.25, 0.3) is 0 Å². The van der Waals surface area contributed by atoms with Crippen molar-refractivity contribution in [1.82, 2.24) is 0 Å². The molecule has 0 aliphatic heterocycles. The van der Waals surface area contributed by atoms with Crippen molar-refractivity contribution in [1.29, 1.82) is 0 Å². The van der Waals surface area contributed by atoms with Crippen molar-refractivity contribution in [3.05, 3.63) is 23.8 Å². The van der Waals surface area contributed by atoms with Crippen LogP contribution in [0.1, 0.15) is 32.8 Å². The molecule has 1 aromatic carbocycles. The van der Waals surface area contributed by atoms with Crippen LogP contribution in [0.5, 0.6) is 5.75 Å². The van der Waals surface area contributed by atoms with Crippen molar-refractivity contribution in [3.63, 3.8) is 0 Å². The first kappa shape index (κ1) is 11.9. The molecule has 0 unspecified atom stereocenters. The topological polar surface area (TPSA) is 35.2 Å². The molecule has 0 aliphatic rings. The molecule has 2 nitrogen and oxygen atoms in total. The van der Waals surface area contributed by atoms with E-state index in [4.69, 9.17) is 10.5 Å². The van der Waals surface area contributed by atoms with Crippen LogP contribution in [0.2, 0.25) is 0 Å². The van der Waals surface area contributed by atoms with Gasteiger partial charge in [0.1, 0.15) is 5.75 Å². The minimum Gasteiger partial charge on any atom is -0.491 e. The zero-order valence-electron chi connectivity index (χ0n) is 10.1. The molecule has 0 heterocycles. The zero-order valence-corrected chi connectivity index (χ0v) is 10.1. The second-order valence-electron chi connectivity index (χ2n) is 5.20. The van der Waals surface area contributed by atoms with Crippen LogP contribution < -0.4 is 10.5 Å². The average Bonchev–Trinajstić information content (AvgIpc) is 2.09. The summed E-state index contributed by atoms with van der Waals surface area (Å²) in [6.45, 7) is 9.37. The van der Waals surface area contributed by atoms with Gasteiger partial charge in [-0.05, 0) is 36.5 Å². The first-order chi connectivity index (χ1) is 6.88. The Morgan fingerprint density at radius 1 is 1.27 bits per heavy atom. The van der Waals surface area contributed by atoms with E-state index >= 15 is 0 Å². The lowest BCUT2D eigenvalue weighted by atomic mass is 9.93. The smallest absolute Gasteiger partial charge is 0.142 e. The molecule has 2 N–H and O–H groups in total. The van der Waals surface area contributed by atoms with E-state index in [2.05, 4.69) is 20.8 Å². The Bertz CT molecular complexity index is 326. The molecule has 1 rings (SSSR count). The molecule has 0 atom stereocenters. The summed E-state index contributed by atoms with van der Waals surface area (Å²) in [6, 6.07) is 5.87. The van der Waals surface area contributed by atoms with E-state index in [0.717, 1.165) is 24.5 Å². The van der Waals surface area contributed by atoms with E-state index in [0.29, 0.717) is 5.41 Å². The summed E-state index contributed by atoms with van der Waals surface area (Å²) in [7, 11) is 0. The van der Waals surface area contributed by atoms with Crippen LogP contribution in [0.25, 0.3) is 0 Å². The van der Waals surface area contributed by atoms with Crippen molar-refractivity contribution in [2.45, 2.75) is 34.1 Å². The van der Waals surface area contributed by atoms with Crippen LogP contribution in [0, 0.1) is 12.3 Å². The summed E-state index contributed by atoms with van der Waals surface area (Å²) in [6.07, 6.45) is 1.03. The molecule has 84 valence electrons. The van der Waals surface area contributed by atoms with E-state index < -0.39 is 0 Å². The van der Waals surface area contributed by atoms with Gasteiger partial charge < -0.3 is 10.5 Å². The molecule has 0 fully saturated rings. The molecule has 15 heavy (non-hydrogen) atoms. The summed E-state index contributed by atoms with van der Waals surface area (Å²) in [5.74, 6) is 0.805. The van der Waals surface area contributed by atoms with Crippen molar-refractivity contribution in [2.24, 2.45) is 5.41 Å². The summed E-state index contributed by atoms with van der Waals surface area (Å²) in [4.78, 5) is 0. The highest BCUT2D eigenvalue weighted by Gasteiger charge is 2.10. The third kappa shape index (κ3) is 4.24. The summed E-state index contributed by atoms with van der Waals surface area (Å²) in [5, 5.41) is 0. The number of nitrogens with two attached hydrogens (primary N) is 1. The number of rotatable bonds is 3. The Kier molecular flexibility index (Phi) is 3.61. The highest BCUT2D eigenvalue weighted by molar-refractivity contribution is 5.53. The maximum Gasteiger partial charge on any atom is 0.142 e. The standard InChI is InChI=1S/C13H21NO/c1-10-5-6-11(14)12(9-10)15-8-7-13(2,3)4/h5-6,9H,7-8,14H2,1-4H3. The maximum atomic E-state index is 5.81. The molecule has 0 aliphatic carbocycles. The van der Waals surface area contributed by atoms with Crippen LogP contribution >= 0.6 is 0 Å². The lowest BCUT2D eigenvalue weighted by Crippen LogP contribution is -2.11.